The number of nitrogens with zero attached hydrogens (tertiary/aromatic N) is 3. The zero-order chi connectivity index (χ0) is 20.9. The number of hydrogen-bond donors (Lipinski definition) is 1. The highest BCUT2D eigenvalue weighted by Gasteiger charge is 2.33. The Labute approximate surface area is 167 Å². The molecule has 2 aromatic carbocycles. The monoisotopic (exact) mass is 402 g/mol. The van der Waals surface area contributed by atoms with Crippen molar-refractivity contribution in [3.8, 4) is 6.07 Å². The average molecular weight is 402 g/mol. The number of halogens is 3. The number of amides is 2. The number of piperazine rings is 1. The number of nitrogens with one attached hydrogen (secondary N) is 1. The van der Waals surface area contributed by atoms with Gasteiger partial charge in [0.25, 0.3) is 0 Å². The van der Waals surface area contributed by atoms with Crippen LogP contribution >= 0.6 is 0 Å². The van der Waals surface area contributed by atoms with Gasteiger partial charge in [-0.3, -0.25) is 4.90 Å². The van der Waals surface area contributed by atoms with Crippen molar-refractivity contribution in [3.63, 3.8) is 0 Å². The molecular formula is C21H21F3N4O. The van der Waals surface area contributed by atoms with Crippen molar-refractivity contribution in [2.45, 2.75) is 19.3 Å². The molecule has 0 radical (unpaired) electrons. The van der Waals surface area contributed by atoms with Crippen LogP contribution in [-0.4, -0.2) is 42.0 Å². The minimum Gasteiger partial charge on any atom is -0.334 e. The summed E-state index contributed by atoms with van der Waals surface area (Å²) in [6.07, 6.45) is -4.59. The van der Waals surface area contributed by atoms with Crippen molar-refractivity contribution in [1.29, 1.82) is 5.26 Å². The molecule has 1 fully saturated rings. The summed E-state index contributed by atoms with van der Waals surface area (Å²) in [6.45, 7) is 2.98. The molecule has 152 valence electrons. The van der Waals surface area contributed by atoms with Gasteiger partial charge >= 0.3 is 12.2 Å². The SMILES string of the molecule is N#Cc1ccc(CNC(=O)N2CCN(Cc3ccccc3)CC2)c(C(F)(F)F)c1. The van der Waals surface area contributed by atoms with E-state index in [1.165, 1.54) is 17.7 Å². The second-order valence-corrected chi connectivity index (χ2v) is 6.89. The zero-order valence-electron chi connectivity index (χ0n) is 15.7. The highest BCUT2D eigenvalue weighted by molar-refractivity contribution is 5.74. The van der Waals surface area contributed by atoms with Crippen LogP contribution in [0.2, 0.25) is 0 Å². The molecular weight excluding hydrogens is 381 g/mol. The van der Waals surface area contributed by atoms with Gasteiger partial charge in [-0.15, -0.1) is 0 Å². The Hall–Kier alpha value is -3.05. The maximum absolute atomic E-state index is 13.2. The van der Waals surface area contributed by atoms with E-state index in [0.29, 0.717) is 26.2 Å². The molecule has 0 bridgehead atoms. The Morgan fingerprint density at radius 2 is 1.76 bits per heavy atom. The molecule has 2 amide bonds. The first-order valence-electron chi connectivity index (χ1n) is 9.26. The summed E-state index contributed by atoms with van der Waals surface area (Å²) in [7, 11) is 0. The van der Waals surface area contributed by atoms with Gasteiger partial charge in [-0.1, -0.05) is 36.4 Å². The molecule has 1 saturated heterocycles. The van der Waals surface area contributed by atoms with E-state index in [1.807, 2.05) is 18.2 Å². The Morgan fingerprint density at radius 1 is 1.07 bits per heavy atom. The molecule has 29 heavy (non-hydrogen) atoms. The highest BCUT2D eigenvalue weighted by atomic mass is 19.4. The van der Waals surface area contributed by atoms with Crippen molar-refractivity contribution in [2.24, 2.45) is 0 Å². The Morgan fingerprint density at radius 3 is 2.38 bits per heavy atom. The summed E-state index contributed by atoms with van der Waals surface area (Å²) < 4.78 is 39.7. The van der Waals surface area contributed by atoms with E-state index in [9.17, 15) is 18.0 Å². The lowest BCUT2D eigenvalue weighted by atomic mass is 10.0. The smallest absolute Gasteiger partial charge is 0.334 e. The summed E-state index contributed by atoms with van der Waals surface area (Å²) in [4.78, 5) is 16.2. The molecule has 1 aliphatic rings. The summed E-state index contributed by atoms with van der Waals surface area (Å²) in [6, 6.07) is 14.7. The van der Waals surface area contributed by atoms with E-state index in [-0.39, 0.29) is 23.7 Å². The van der Waals surface area contributed by atoms with Gasteiger partial charge in [-0.2, -0.15) is 18.4 Å². The molecule has 0 atom stereocenters. The van der Waals surface area contributed by atoms with Gasteiger partial charge in [0.15, 0.2) is 0 Å². The van der Waals surface area contributed by atoms with Crippen LogP contribution in [0.4, 0.5) is 18.0 Å². The number of carbonyl (C=O) groups is 1. The molecule has 1 aliphatic heterocycles. The van der Waals surface area contributed by atoms with Crippen molar-refractivity contribution < 1.29 is 18.0 Å². The van der Waals surface area contributed by atoms with Crippen LogP contribution in [0.15, 0.2) is 48.5 Å². The number of urea groups is 1. The fourth-order valence-electron chi connectivity index (χ4n) is 3.30. The summed E-state index contributed by atoms with van der Waals surface area (Å²) in [5.74, 6) is 0. The second kappa shape index (κ2) is 8.97. The van der Waals surface area contributed by atoms with Crippen LogP contribution in [0.5, 0.6) is 0 Å². The highest BCUT2D eigenvalue weighted by Crippen LogP contribution is 2.32. The number of alkyl halides is 3. The van der Waals surface area contributed by atoms with E-state index in [1.54, 1.807) is 11.0 Å². The fraction of sp³-hybridized carbons (Fsp3) is 0.333. The Bertz CT molecular complexity index is 885. The predicted octanol–water partition coefficient (Wildman–Crippen LogP) is 3.60. The summed E-state index contributed by atoms with van der Waals surface area (Å²) >= 11 is 0. The predicted molar refractivity (Wildman–Crippen MR) is 102 cm³/mol. The Balaban J connectivity index is 1.54. The molecule has 2 aromatic rings. The number of rotatable bonds is 4. The lowest BCUT2D eigenvalue weighted by Gasteiger charge is -2.34. The minimum atomic E-state index is -4.59. The standard InChI is InChI=1S/C21H21F3N4O/c22-21(23,24)19-12-17(13-25)6-7-18(19)14-26-20(29)28-10-8-27(9-11-28)15-16-4-2-1-3-5-16/h1-7,12H,8-11,14-15H2,(H,26,29). The molecule has 5 nitrogen and oxygen atoms in total. The third-order valence-electron chi connectivity index (χ3n) is 4.88. The van der Waals surface area contributed by atoms with Gasteiger partial charge in [0.1, 0.15) is 0 Å². The van der Waals surface area contributed by atoms with E-state index >= 15 is 0 Å². The minimum absolute atomic E-state index is 0.0624. The molecule has 0 aliphatic carbocycles. The van der Waals surface area contributed by atoms with Gasteiger partial charge in [-0.25, -0.2) is 4.79 Å². The second-order valence-electron chi connectivity index (χ2n) is 6.89. The Kier molecular flexibility index (Phi) is 6.39. The third kappa shape index (κ3) is 5.48. The molecule has 0 spiro atoms. The van der Waals surface area contributed by atoms with E-state index in [4.69, 9.17) is 5.26 Å². The number of carbonyl (C=O) groups excluding carboxylic acids is 1. The lowest BCUT2D eigenvalue weighted by Crippen LogP contribution is -2.51. The summed E-state index contributed by atoms with van der Waals surface area (Å²) in [5, 5.41) is 11.4. The molecule has 0 aromatic heterocycles. The van der Waals surface area contributed by atoms with Gasteiger partial charge < -0.3 is 10.2 Å². The topological polar surface area (TPSA) is 59.4 Å². The van der Waals surface area contributed by atoms with Gasteiger partial charge in [0, 0.05) is 39.3 Å². The first-order valence-corrected chi connectivity index (χ1v) is 9.26. The van der Waals surface area contributed by atoms with Crippen LogP contribution in [-0.2, 0) is 19.3 Å². The van der Waals surface area contributed by atoms with Crippen LogP contribution in [0.3, 0.4) is 0 Å². The quantitative estimate of drug-likeness (QED) is 0.850. The van der Waals surface area contributed by atoms with E-state index < -0.39 is 11.7 Å². The van der Waals surface area contributed by atoms with Crippen molar-refractivity contribution in [2.75, 3.05) is 26.2 Å². The largest absolute Gasteiger partial charge is 0.416 e. The maximum atomic E-state index is 13.2. The number of nitriles is 1. The zero-order valence-corrected chi connectivity index (χ0v) is 15.7. The van der Waals surface area contributed by atoms with Gasteiger partial charge in [-0.05, 0) is 23.3 Å². The van der Waals surface area contributed by atoms with Crippen LogP contribution in [0.1, 0.15) is 22.3 Å². The van der Waals surface area contributed by atoms with Crippen LogP contribution < -0.4 is 5.32 Å². The van der Waals surface area contributed by atoms with Gasteiger partial charge in [0.2, 0.25) is 0 Å². The third-order valence-corrected chi connectivity index (χ3v) is 4.88. The first-order chi connectivity index (χ1) is 13.9. The molecule has 0 saturated carbocycles. The maximum Gasteiger partial charge on any atom is 0.416 e. The van der Waals surface area contributed by atoms with Crippen molar-refractivity contribution >= 4 is 6.03 Å². The van der Waals surface area contributed by atoms with E-state index in [0.717, 1.165) is 12.6 Å². The van der Waals surface area contributed by atoms with Crippen LogP contribution in [0.25, 0.3) is 0 Å². The first kappa shape index (κ1) is 20.7. The van der Waals surface area contributed by atoms with Crippen LogP contribution in [0, 0.1) is 11.3 Å². The fourth-order valence-corrected chi connectivity index (χ4v) is 3.30. The molecule has 8 heteroatoms. The molecule has 1 heterocycles. The molecule has 3 rings (SSSR count). The number of benzene rings is 2. The molecule has 0 unspecified atom stereocenters. The summed E-state index contributed by atoms with van der Waals surface area (Å²) in [5.41, 5.74) is 0.171. The van der Waals surface area contributed by atoms with Crippen molar-refractivity contribution in [1.82, 2.24) is 15.1 Å². The van der Waals surface area contributed by atoms with Crippen molar-refractivity contribution in [3.05, 3.63) is 70.8 Å². The van der Waals surface area contributed by atoms with Gasteiger partial charge in [0.05, 0.1) is 17.2 Å². The van der Waals surface area contributed by atoms with E-state index in [2.05, 4.69) is 22.3 Å². The lowest BCUT2D eigenvalue weighted by molar-refractivity contribution is -0.138. The molecule has 1 N–H and O–H groups in total. The average Bonchev–Trinajstić information content (AvgIpc) is 2.72. The number of hydrogen-bond acceptors (Lipinski definition) is 3. The normalized spacial score (nSPS) is 15.0.